The van der Waals surface area contributed by atoms with Crippen molar-refractivity contribution in [1.29, 1.82) is 0 Å². The van der Waals surface area contributed by atoms with Gasteiger partial charge < -0.3 is 0 Å². The van der Waals surface area contributed by atoms with E-state index in [4.69, 9.17) is 11.6 Å². The first kappa shape index (κ1) is 12.8. The monoisotopic (exact) mass is 259 g/mol. The molecule has 0 saturated carbocycles. The second kappa shape index (κ2) is 5.32. The summed E-state index contributed by atoms with van der Waals surface area (Å²) in [6.45, 7) is 4.41. The number of benzene rings is 1. The fourth-order valence-corrected chi connectivity index (χ4v) is 2.51. The molecule has 1 aliphatic rings. The van der Waals surface area contributed by atoms with E-state index >= 15 is 0 Å². The molecule has 94 valence electrons. The lowest BCUT2D eigenvalue weighted by molar-refractivity contribution is 0.189. The predicted octanol–water partition coefficient (Wildman–Crippen LogP) is 3.41. The van der Waals surface area contributed by atoms with Crippen molar-refractivity contribution in [3.05, 3.63) is 35.4 Å². The Morgan fingerprint density at radius 2 is 1.94 bits per heavy atom. The summed E-state index contributed by atoms with van der Waals surface area (Å²) in [5, 5.41) is 0.127. The summed E-state index contributed by atoms with van der Waals surface area (Å²) in [4.78, 5) is 2.14. The van der Waals surface area contributed by atoms with Crippen molar-refractivity contribution < 1.29 is 8.78 Å². The van der Waals surface area contributed by atoms with Gasteiger partial charge in [0, 0.05) is 24.5 Å². The van der Waals surface area contributed by atoms with Crippen LogP contribution in [0.1, 0.15) is 18.9 Å². The van der Waals surface area contributed by atoms with E-state index in [1.54, 1.807) is 0 Å². The largest absolute Gasteiger partial charge is 0.298 e. The zero-order chi connectivity index (χ0) is 12.4. The minimum atomic E-state index is -0.521. The van der Waals surface area contributed by atoms with Gasteiger partial charge in [-0.2, -0.15) is 0 Å². The zero-order valence-corrected chi connectivity index (χ0v) is 10.6. The Balaban J connectivity index is 2.01. The molecular formula is C13H16ClF2N. The first-order chi connectivity index (χ1) is 8.04. The normalized spacial score (nSPS) is 26.1. The molecule has 2 rings (SSSR count). The van der Waals surface area contributed by atoms with Crippen molar-refractivity contribution in [3.63, 3.8) is 0 Å². The third-order valence-electron chi connectivity index (χ3n) is 3.28. The van der Waals surface area contributed by atoms with E-state index in [1.807, 2.05) is 0 Å². The van der Waals surface area contributed by atoms with Crippen LogP contribution < -0.4 is 0 Å². The van der Waals surface area contributed by atoms with Crippen molar-refractivity contribution in [1.82, 2.24) is 4.90 Å². The van der Waals surface area contributed by atoms with Crippen LogP contribution in [0.15, 0.2) is 18.2 Å². The van der Waals surface area contributed by atoms with Crippen molar-refractivity contribution >= 4 is 11.6 Å². The van der Waals surface area contributed by atoms with E-state index in [-0.39, 0.29) is 5.38 Å². The van der Waals surface area contributed by atoms with E-state index in [9.17, 15) is 8.78 Å². The van der Waals surface area contributed by atoms with Crippen LogP contribution in [0.2, 0.25) is 0 Å². The molecule has 1 aromatic rings. The molecular weight excluding hydrogens is 244 g/mol. The lowest BCUT2D eigenvalue weighted by Crippen LogP contribution is -2.39. The molecule has 0 aromatic heterocycles. The number of hydrogen-bond donors (Lipinski definition) is 0. The summed E-state index contributed by atoms with van der Waals surface area (Å²) < 4.78 is 26.1. The van der Waals surface area contributed by atoms with Crippen molar-refractivity contribution in [2.45, 2.75) is 25.3 Å². The van der Waals surface area contributed by atoms with E-state index in [2.05, 4.69) is 11.8 Å². The van der Waals surface area contributed by atoms with Gasteiger partial charge in [0.05, 0.1) is 0 Å². The van der Waals surface area contributed by atoms with Gasteiger partial charge in [-0.3, -0.25) is 4.90 Å². The van der Waals surface area contributed by atoms with E-state index in [0.29, 0.717) is 18.0 Å². The molecule has 1 nitrogen and oxygen atoms in total. The highest BCUT2D eigenvalue weighted by Gasteiger charge is 2.24. The molecule has 0 spiro atoms. The summed E-state index contributed by atoms with van der Waals surface area (Å²) in [5.74, 6) is -0.530. The maximum Gasteiger partial charge on any atom is 0.126 e. The fourth-order valence-electron chi connectivity index (χ4n) is 2.19. The molecule has 0 amide bonds. The quantitative estimate of drug-likeness (QED) is 0.736. The lowest BCUT2D eigenvalue weighted by atomic mass is 9.98. The first-order valence-corrected chi connectivity index (χ1v) is 6.29. The van der Waals surface area contributed by atoms with Gasteiger partial charge in [0.1, 0.15) is 11.6 Å². The molecule has 1 fully saturated rings. The summed E-state index contributed by atoms with van der Waals surface area (Å²) in [6, 6.07) is 3.65. The Bertz CT molecular complexity index is 377. The Kier molecular flexibility index (Phi) is 4.00. The van der Waals surface area contributed by atoms with E-state index < -0.39 is 11.6 Å². The molecule has 1 heterocycles. The summed E-state index contributed by atoms with van der Waals surface area (Å²) >= 11 is 6.20. The Hall–Kier alpha value is -0.670. The van der Waals surface area contributed by atoms with Gasteiger partial charge in [-0.15, -0.1) is 11.6 Å². The average molecular weight is 260 g/mol. The zero-order valence-electron chi connectivity index (χ0n) is 9.80. The van der Waals surface area contributed by atoms with Crippen molar-refractivity contribution in [3.8, 4) is 0 Å². The first-order valence-electron chi connectivity index (χ1n) is 5.86. The lowest BCUT2D eigenvalue weighted by Gasteiger charge is -2.33. The fraction of sp³-hybridized carbons (Fsp3) is 0.538. The molecule has 1 saturated heterocycles. The SMILES string of the molecule is CC1CCN(Cc2cc(F)cc(F)c2)CC1Cl. The number of rotatable bonds is 2. The minimum Gasteiger partial charge on any atom is -0.298 e. The molecule has 1 aliphatic heterocycles. The van der Waals surface area contributed by atoms with Crippen LogP contribution in [0.25, 0.3) is 0 Å². The van der Waals surface area contributed by atoms with Crippen molar-refractivity contribution in [2.24, 2.45) is 5.92 Å². The molecule has 0 aliphatic carbocycles. The van der Waals surface area contributed by atoms with Crippen LogP contribution in [-0.4, -0.2) is 23.4 Å². The van der Waals surface area contributed by atoms with Gasteiger partial charge in [-0.05, 0) is 36.6 Å². The van der Waals surface area contributed by atoms with Gasteiger partial charge >= 0.3 is 0 Å². The highest BCUT2D eigenvalue weighted by Crippen LogP contribution is 2.23. The third-order valence-corrected chi connectivity index (χ3v) is 3.85. The van der Waals surface area contributed by atoms with Crippen LogP contribution in [0, 0.1) is 17.6 Å². The van der Waals surface area contributed by atoms with Crippen LogP contribution in [0.5, 0.6) is 0 Å². The molecule has 0 N–H and O–H groups in total. The summed E-state index contributed by atoms with van der Waals surface area (Å²) in [6.07, 6.45) is 1.03. The maximum absolute atomic E-state index is 13.0. The number of alkyl halides is 1. The van der Waals surface area contributed by atoms with E-state index in [0.717, 1.165) is 25.6 Å². The van der Waals surface area contributed by atoms with Gasteiger partial charge in [-0.25, -0.2) is 8.78 Å². The minimum absolute atomic E-state index is 0.127. The van der Waals surface area contributed by atoms with Crippen molar-refractivity contribution in [2.75, 3.05) is 13.1 Å². The molecule has 1 aromatic carbocycles. The van der Waals surface area contributed by atoms with E-state index in [1.165, 1.54) is 12.1 Å². The summed E-state index contributed by atoms with van der Waals surface area (Å²) in [7, 11) is 0. The van der Waals surface area contributed by atoms with Crippen LogP contribution >= 0.6 is 11.6 Å². The highest BCUT2D eigenvalue weighted by atomic mass is 35.5. The molecule has 17 heavy (non-hydrogen) atoms. The number of halogens is 3. The Labute approximate surface area is 105 Å². The van der Waals surface area contributed by atoms with Gasteiger partial charge in [0.2, 0.25) is 0 Å². The third kappa shape index (κ3) is 3.39. The van der Waals surface area contributed by atoms with Crippen LogP contribution in [0.3, 0.4) is 0 Å². The smallest absolute Gasteiger partial charge is 0.126 e. The molecule has 0 bridgehead atoms. The number of hydrogen-bond acceptors (Lipinski definition) is 1. The second-order valence-electron chi connectivity index (χ2n) is 4.79. The highest BCUT2D eigenvalue weighted by molar-refractivity contribution is 6.21. The Morgan fingerprint density at radius 3 is 2.53 bits per heavy atom. The standard InChI is InChI=1S/C13H16ClF2N/c1-9-2-3-17(8-13(9)14)7-10-4-11(15)6-12(16)5-10/h4-6,9,13H,2-3,7-8H2,1H3. The molecule has 0 radical (unpaired) electrons. The topological polar surface area (TPSA) is 3.24 Å². The predicted molar refractivity (Wildman–Crippen MR) is 65.1 cm³/mol. The van der Waals surface area contributed by atoms with Gasteiger partial charge in [0.15, 0.2) is 0 Å². The van der Waals surface area contributed by atoms with Crippen LogP contribution in [-0.2, 0) is 6.54 Å². The maximum atomic E-state index is 13.0. The molecule has 2 unspecified atom stereocenters. The van der Waals surface area contributed by atoms with Gasteiger partial charge in [0.25, 0.3) is 0 Å². The molecule has 4 heteroatoms. The molecule has 2 atom stereocenters. The average Bonchev–Trinajstić information content (AvgIpc) is 2.22. The number of nitrogens with zero attached hydrogens (tertiary/aromatic N) is 1. The number of piperidine rings is 1. The number of likely N-dealkylation sites (tertiary alicyclic amines) is 1. The second-order valence-corrected chi connectivity index (χ2v) is 5.36. The summed E-state index contributed by atoms with van der Waals surface area (Å²) in [5.41, 5.74) is 0.668. The van der Waals surface area contributed by atoms with Gasteiger partial charge in [-0.1, -0.05) is 6.92 Å². The van der Waals surface area contributed by atoms with Crippen LogP contribution in [0.4, 0.5) is 8.78 Å². The Morgan fingerprint density at radius 1 is 1.29 bits per heavy atom.